The molecule has 0 saturated carbocycles. The van der Waals surface area contributed by atoms with E-state index in [9.17, 15) is 15.3 Å². The van der Waals surface area contributed by atoms with Gasteiger partial charge in [0.2, 0.25) is 6.29 Å². The Hall–Kier alpha value is -1.60. The second kappa shape index (κ2) is 11.2. The third-order valence-electron chi connectivity index (χ3n) is 7.13. The summed E-state index contributed by atoms with van der Waals surface area (Å²) in [6.07, 6.45) is 1.92. The standard InChI is InChI=1S/C27H42O6/c1-7-31-26-22-17(5)11-12-19(16(4)10-8-9-15(2)3)20(22)13-18(6)25(26)33-27-24(30)23(29)21(28)14-32-27/h9,13,16-17,19,21,23-24,27-30H,7-8,10-12,14H2,1-6H3/t16-,17-,19+,21-,23+,24-,27+/m0/s1. The number of aryl methyl sites for hydroxylation is 1. The Morgan fingerprint density at radius 2 is 1.91 bits per heavy atom. The number of allylic oxidation sites excluding steroid dienone is 2. The summed E-state index contributed by atoms with van der Waals surface area (Å²) in [4.78, 5) is 0. The molecule has 6 heteroatoms. The zero-order chi connectivity index (χ0) is 24.3. The van der Waals surface area contributed by atoms with Crippen molar-refractivity contribution in [1.82, 2.24) is 0 Å². The van der Waals surface area contributed by atoms with E-state index in [1.54, 1.807) is 0 Å². The fraction of sp³-hybridized carbons (Fsp3) is 0.704. The lowest BCUT2D eigenvalue weighted by atomic mass is 9.70. The fourth-order valence-electron chi connectivity index (χ4n) is 5.21. The van der Waals surface area contributed by atoms with E-state index in [1.807, 2.05) is 13.8 Å². The van der Waals surface area contributed by atoms with Crippen molar-refractivity contribution in [2.75, 3.05) is 13.2 Å². The van der Waals surface area contributed by atoms with Gasteiger partial charge >= 0.3 is 0 Å². The maximum atomic E-state index is 10.4. The van der Waals surface area contributed by atoms with Crippen LogP contribution >= 0.6 is 0 Å². The Kier molecular flexibility index (Phi) is 8.84. The molecule has 186 valence electrons. The molecule has 1 heterocycles. The second-order valence-electron chi connectivity index (χ2n) is 10.1. The van der Waals surface area contributed by atoms with Crippen molar-refractivity contribution in [3.8, 4) is 11.5 Å². The molecule has 6 nitrogen and oxygen atoms in total. The number of benzene rings is 1. The van der Waals surface area contributed by atoms with Gasteiger partial charge in [-0.2, -0.15) is 0 Å². The number of fused-ring (bicyclic) bond motifs is 1. The highest BCUT2D eigenvalue weighted by Crippen LogP contribution is 2.51. The van der Waals surface area contributed by atoms with Crippen LogP contribution in [0.25, 0.3) is 0 Å². The van der Waals surface area contributed by atoms with Crippen molar-refractivity contribution in [3.63, 3.8) is 0 Å². The molecule has 1 aliphatic carbocycles. The summed E-state index contributed by atoms with van der Waals surface area (Å²) in [6, 6.07) is 2.21. The summed E-state index contributed by atoms with van der Waals surface area (Å²) in [5, 5.41) is 30.3. The van der Waals surface area contributed by atoms with Gasteiger partial charge in [0.25, 0.3) is 0 Å². The molecule has 3 N–H and O–H groups in total. The second-order valence-corrected chi connectivity index (χ2v) is 10.1. The van der Waals surface area contributed by atoms with Crippen molar-refractivity contribution in [1.29, 1.82) is 0 Å². The van der Waals surface area contributed by atoms with E-state index in [0.29, 0.717) is 30.1 Å². The van der Waals surface area contributed by atoms with Crippen LogP contribution in [0.5, 0.6) is 11.5 Å². The zero-order valence-corrected chi connectivity index (χ0v) is 21.0. The Bertz CT molecular complexity index is 830. The first-order chi connectivity index (χ1) is 15.6. The minimum atomic E-state index is -1.35. The van der Waals surface area contributed by atoms with Crippen LogP contribution in [0.4, 0.5) is 0 Å². The van der Waals surface area contributed by atoms with Gasteiger partial charge in [-0.1, -0.05) is 31.6 Å². The van der Waals surface area contributed by atoms with Gasteiger partial charge in [-0.3, -0.25) is 0 Å². The lowest BCUT2D eigenvalue weighted by molar-refractivity contribution is -0.242. The van der Waals surface area contributed by atoms with Crippen molar-refractivity contribution in [2.24, 2.45) is 5.92 Å². The van der Waals surface area contributed by atoms with E-state index in [4.69, 9.17) is 14.2 Å². The molecule has 0 amide bonds. The zero-order valence-electron chi connectivity index (χ0n) is 21.0. The van der Waals surface area contributed by atoms with Crippen LogP contribution in [0.1, 0.15) is 88.8 Å². The Morgan fingerprint density at radius 3 is 2.58 bits per heavy atom. The van der Waals surface area contributed by atoms with Crippen LogP contribution in [-0.2, 0) is 4.74 Å². The summed E-state index contributed by atoms with van der Waals surface area (Å²) >= 11 is 0. The van der Waals surface area contributed by atoms with Crippen LogP contribution in [0.2, 0.25) is 0 Å². The molecule has 0 radical (unpaired) electrons. The van der Waals surface area contributed by atoms with Crippen LogP contribution in [0.15, 0.2) is 17.7 Å². The van der Waals surface area contributed by atoms with Crippen LogP contribution in [0.3, 0.4) is 0 Å². The maximum Gasteiger partial charge on any atom is 0.229 e. The van der Waals surface area contributed by atoms with Gasteiger partial charge in [-0.05, 0) is 82.3 Å². The molecule has 1 fully saturated rings. The monoisotopic (exact) mass is 462 g/mol. The lowest BCUT2D eigenvalue weighted by Crippen LogP contribution is -2.54. The van der Waals surface area contributed by atoms with Crippen LogP contribution in [0, 0.1) is 12.8 Å². The predicted molar refractivity (Wildman–Crippen MR) is 129 cm³/mol. The molecular weight excluding hydrogens is 420 g/mol. The summed E-state index contributed by atoms with van der Waals surface area (Å²) in [6.45, 7) is 13.2. The van der Waals surface area contributed by atoms with Gasteiger partial charge in [0.15, 0.2) is 11.5 Å². The van der Waals surface area contributed by atoms with Gasteiger partial charge in [0.1, 0.15) is 18.3 Å². The molecule has 1 aromatic carbocycles. The van der Waals surface area contributed by atoms with Crippen LogP contribution in [-0.4, -0.2) is 53.1 Å². The van der Waals surface area contributed by atoms with Gasteiger partial charge in [-0.25, -0.2) is 0 Å². The smallest absolute Gasteiger partial charge is 0.229 e. The highest BCUT2D eigenvalue weighted by atomic mass is 16.7. The minimum Gasteiger partial charge on any atom is -0.490 e. The first kappa shape index (κ1) is 26.0. The highest BCUT2D eigenvalue weighted by molar-refractivity contribution is 5.58. The molecule has 33 heavy (non-hydrogen) atoms. The third-order valence-corrected chi connectivity index (χ3v) is 7.13. The van der Waals surface area contributed by atoms with Gasteiger partial charge < -0.3 is 29.5 Å². The SMILES string of the molecule is CCOc1c(O[C@H]2OC[C@H](O)[C@@H](O)[C@@H]2O)c(C)cc2c1[C@@H](C)CC[C@@H]2[C@@H](C)CCC=C(C)C. The van der Waals surface area contributed by atoms with Gasteiger partial charge in [0.05, 0.1) is 13.2 Å². The average Bonchev–Trinajstić information content (AvgIpc) is 2.75. The summed E-state index contributed by atoms with van der Waals surface area (Å²) in [7, 11) is 0. The van der Waals surface area contributed by atoms with E-state index in [-0.39, 0.29) is 6.61 Å². The quantitative estimate of drug-likeness (QED) is 0.490. The van der Waals surface area contributed by atoms with Gasteiger partial charge in [0, 0.05) is 5.56 Å². The average molecular weight is 463 g/mol. The normalized spacial score (nSPS) is 30.3. The van der Waals surface area contributed by atoms with E-state index < -0.39 is 24.6 Å². The predicted octanol–water partition coefficient (Wildman–Crippen LogP) is 4.57. The maximum absolute atomic E-state index is 10.4. The number of aliphatic hydroxyl groups is 3. The molecule has 1 aromatic rings. The van der Waals surface area contributed by atoms with Crippen molar-refractivity contribution in [2.45, 2.75) is 104 Å². The van der Waals surface area contributed by atoms with E-state index in [2.05, 4.69) is 39.8 Å². The lowest BCUT2D eigenvalue weighted by Gasteiger charge is -2.38. The summed E-state index contributed by atoms with van der Waals surface area (Å²) < 4.78 is 17.8. The summed E-state index contributed by atoms with van der Waals surface area (Å²) in [5.74, 6) is 2.61. The first-order valence-electron chi connectivity index (χ1n) is 12.4. The first-order valence-corrected chi connectivity index (χ1v) is 12.4. The topological polar surface area (TPSA) is 88.4 Å². The molecule has 0 spiro atoms. The van der Waals surface area contributed by atoms with E-state index in [1.165, 1.54) is 16.7 Å². The molecule has 0 bridgehead atoms. The van der Waals surface area contributed by atoms with Crippen molar-refractivity contribution < 1.29 is 29.5 Å². The molecule has 3 rings (SSSR count). The van der Waals surface area contributed by atoms with E-state index in [0.717, 1.165) is 37.0 Å². The van der Waals surface area contributed by atoms with E-state index >= 15 is 0 Å². The largest absolute Gasteiger partial charge is 0.490 e. The molecule has 1 saturated heterocycles. The molecule has 7 atom stereocenters. The molecule has 0 aromatic heterocycles. The number of hydrogen-bond acceptors (Lipinski definition) is 6. The fourth-order valence-corrected chi connectivity index (χ4v) is 5.21. The van der Waals surface area contributed by atoms with Gasteiger partial charge in [-0.15, -0.1) is 0 Å². The van der Waals surface area contributed by atoms with Crippen LogP contribution < -0.4 is 9.47 Å². The Morgan fingerprint density at radius 1 is 1.18 bits per heavy atom. The molecular formula is C27H42O6. The number of hydrogen-bond donors (Lipinski definition) is 3. The van der Waals surface area contributed by atoms with Crippen molar-refractivity contribution >= 4 is 0 Å². The number of ether oxygens (including phenoxy) is 3. The molecule has 0 unspecified atom stereocenters. The Labute approximate surface area is 198 Å². The highest BCUT2D eigenvalue weighted by Gasteiger charge is 2.40. The third kappa shape index (κ3) is 5.73. The number of aliphatic hydroxyl groups excluding tert-OH is 3. The summed E-state index contributed by atoms with van der Waals surface area (Å²) in [5.41, 5.74) is 4.81. The number of rotatable bonds is 8. The minimum absolute atomic E-state index is 0.0987. The molecule has 1 aliphatic heterocycles. The Balaban J connectivity index is 1.96. The molecule has 2 aliphatic rings. The van der Waals surface area contributed by atoms with Crippen molar-refractivity contribution in [3.05, 3.63) is 34.4 Å².